The Balaban J connectivity index is 0. The fourth-order valence-corrected chi connectivity index (χ4v) is 1.74. The van der Waals surface area contributed by atoms with Gasteiger partial charge in [0.2, 0.25) is 0 Å². The van der Waals surface area contributed by atoms with Gasteiger partial charge < -0.3 is 0 Å². The number of hydrogen-bond acceptors (Lipinski definition) is 0. The molecule has 0 aromatic heterocycles. The predicted molar refractivity (Wildman–Crippen MR) is 103 cm³/mol. The first-order valence-electron chi connectivity index (χ1n) is 8.53. The normalized spacial score (nSPS) is 9.09. The van der Waals surface area contributed by atoms with Crippen LogP contribution in [-0.2, 0) is 6.42 Å². The Morgan fingerprint density at radius 1 is 0.636 bits per heavy atom. The molecule has 0 amide bonds. The van der Waals surface area contributed by atoms with Crippen LogP contribution in [0.1, 0.15) is 59.6 Å². The predicted octanol–water partition coefficient (Wildman–Crippen LogP) is 7.32. The Labute approximate surface area is 139 Å². The van der Waals surface area contributed by atoms with Crippen LogP contribution in [-0.4, -0.2) is 0 Å². The summed E-state index contributed by atoms with van der Waals surface area (Å²) in [6, 6.07) is 20.9. The molecule has 0 unspecified atom stereocenters. The van der Waals surface area contributed by atoms with Gasteiger partial charge in [-0.1, -0.05) is 115 Å². The van der Waals surface area contributed by atoms with Crippen molar-refractivity contribution in [2.45, 2.75) is 61.8 Å². The molecule has 124 valence electrons. The Bertz CT molecular complexity index is 421. The Hall–Kier alpha value is -1.56. The van der Waals surface area contributed by atoms with Crippen LogP contribution in [0.5, 0.6) is 0 Å². The van der Waals surface area contributed by atoms with E-state index in [1.807, 2.05) is 45.9 Å². The van der Waals surface area contributed by atoms with Crippen molar-refractivity contribution in [2.24, 2.45) is 5.41 Å². The lowest BCUT2D eigenvalue weighted by Gasteiger charge is -2.17. The summed E-state index contributed by atoms with van der Waals surface area (Å²) in [4.78, 5) is 0. The molecule has 0 N–H and O–H groups in total. The third kappa shape index (κ3) is 14.8. The Morgan fingerprint density at radius 2 is 1.00 bits per heavy atom. The highest BCUT2D eigenvalue weighted by molar-refractivity contribution is 5.15. The van der Waals surface area contributed by atoms with Crippen molar-refractivity contribution in [1.29, 1.82) is 0 Å². The van der Waals surface area contributed by atoms with Crippen LogP contribution in [0.2, 0.25) is 0 Å². The molecular formula is C22H36. The fraction of sp³-hybridized carbons (Fsp3) is 0.455. The van der Waals surface area contributed by atoms with Crippen LogP contribution in [0.25, 0.3) is 0 Å². The highest BCUT2D eigenvalue weighted by atomic mass is 14.1. The van der Waals surface area contributed by atoms with Gasteiger partial charge in [-0.2, -0.15) is 0 Å². The van der Waals surface area contributed by atoms with Crippen LogP contribution in [0.3, 0.4) is 0 Å². The second kappa shape index (κ2) is 14.4. The smallest absolute Gasteiger partial charge is 0.0230 e. The van der Waals surface area contributed by atoms with E-state index in [-0.39, 0.29) is 0 Å². The van der Waals surface area contributed by atoms with Gasteiger partial charge in [-0.05, 0) is 24.3 Å². The summed E-state index contributed by atoms with van der Waals surface area (Å²) in [7, 11) is 0. The molecular weight excluding hydrogens is 264 g/mol. The SMILES string of the molecule is CC.CC.CC(C)(C)Cc1ccccc1.Cc1ccccc1. The Morgan fingerprint density at radius 3 is 1.27 bits per heavy atom. The van der Waals surface area contributed by atoms with E-state index in [0.29, 0.717) is 5.41 Å². The largest absolute Gasteiger partial charge is 0.0683 e. The summed E-state index contributed by atoms with van der Waals surface area (Å²) in [5, 5.41) is 0. The monoisotopic (exact) mass is 300 g/mol. The quantitative estimate of drug-likeness (QED) is 0.517. The first-order chi connectivity index (χ1) is 10.5. The summed E-state index contributed by atoms with van der Waals surface area (Å²) in [5.41, 5.74) is 3.16. The molecule has 0 atom stereocenters. The second-order valence-corrected chi connectivity index (χ2v) is 5.88. The molecule has 0 aliphatic heterocycles. The highest BCUT2D eigenvalue weighted by Gasteiger charge is 2.09. The maximum absolute atomic E-state index is 2.26. The molecule has 0 heteroatoms. The molecule has 0 heterocycles. The lowest BCUT2D eigenvalue weighted by molar-refractivity contribution is 0.411. The molecule has 0 aliphatic rings. The number of rotatable bonds is 1. The molecule has 0 saturated heterocycles. The highest BCUT2D eigenvalue weighted by Crippen LogP contribution is 2.19. The van der Waals surface area contributed by atoms with Gasteiger partial charge in [0, 0.05) is 0 Å². The zero-order valence-electron chi connectivity index (χ0n) is 16.0. The molecule has 0 spiro atoms. The fourth-order valence-electron chi connectivity index (χ4n) is 1.74. The van der Waals surface area contributed by atoms with Gasteiger partial charge in [0.05, 0.1) is 0 Å². The van der Waals surface area contributed by atoms with Crippen LogP contribution in [0.15, 0.2) is 60.7 Å². The van der Waals surface area contributed by atoms with Crippen molar-refractivity contribution in [3.8, 4) is 0 Å². The minimum absolute atomic E-state index is 0.404. The van der Waals surface area contributed by atoms with Crippen molar-refractivity contribution < 1.29 is 0 Å². The van der Waals surface area contributed by atoms with Crippen LogP contribution < -0.4 is 0 Å². The third-order valence-electron chi connectivity index (χ3n) is 2.52. The van der Waals surface area contributed by atoms with Crippen molar-refractivity contribution in [1.82, 2.24) is 0 Å². The number of benzene rings is 2. The van der Waals surface area contributed by atoms with E-state index in [0.717, 1.165) is 6.42 Å². The zero-order chi connectivity index (χ0) is 17.4. The topological polar surface area (TPSA) is 0 Å². The van der Waals surface area contributed by atoms with Crippen molar-refractivity contribution in [2.75, 3.05) is 0 Å². The molecule has 0 saturated carbocycles. The average molecular weight is 301 g/mol. The van der Waals surface area contributed by atoms with E-state index in [2.05, 4.69) is 70.2 Å². The zero-order valence-corrected chi connectivity index (χ0v) is 16.0. The molecule has 0 radical (unpaired) electrons. The molecule has 0 aliphatic carbocycles. The maximum atomic E-state index is 2.26. The standard InChI is InChI=1S/C11H16.C7H8.2C2H6/c1-11(2,3)9-10-7-5-4-6-8-10;1-7-5-3-2-4-6-7;2*1-2/h4-8H,9H2,1-3H3;2-6H,1H3;2*1-2H3. The van der Waals surface area contributed by atoms with Gasteiger partial charge in [0.15, 0.2) is 0 Å². The van der Waals surface area contributed by atoms with Gasteiger partial charge in [0.1, 0.15) is 0 Å². The first-order valence-corrected chi connectivity index (χ1v) is 8.53. The van der Waals surface area contributed by atoms with E-state index in [4.69, 9.17) is 0 Å². The van der Waals surface area contributed by atoms with E-state index < -0.39 is 0 Å². The third-order valence-corrected chi connectivity index (χ3v) is 2.52. The molecule has 0 bridgehead atoms. The lowest BCUT2D eigenvalue weighted by atomic mass is 9.88. The van der Waals surface area contributed by atoms with E-state index >= 15 is 0 Å². The van der Waals surface area contributed by atoms with Gasteiger partial charge >= 0.3 is 0 Å². The van der Waals surface area contributed by atoms with E-state index in [1.165, 1.54) is 11.1 Å². The van der Waals surface area contributed by atoms with Crippen LogP contribution in [0.4, 0.5) is 0 Å². The van der Waals surface area contributed by atoms with Gasteiger partial charge in [0.25, 0.3) is 0 Å². The minimum Gasteiger partial charge on any atom is -0.0683 e. The van der Waals surface area contributed by atoms with Gasteiger partial charge in [-0.15, -0.1) is 0 Å². The first kappa shape index (κ1) is 22.7. The molecule has 22 heavy (non-hydrogen) atoms. The summed E-state index contributed by atoms with van der Waals surface area (Å²) in [5.74, 6) is 0. The molecule has 2 aromatic rings. The van der Waals surface area contributed by atoms with Crippen LogP contribution >= 0.6 is 0 Å². The lowest BCUT2D eigenvalue weighted by Crippen LogP contribution is -2.08. The van der Waals surface area contributed by atoms with E-state index in [1.54, 1.807) is 0 Å². The van der Waals surface area contributed by atoms with Gasteiger partial charge in [-0.25, -0.2) is 0 Å². The van der Waals surface area contributed by atoms with Crippen molar-refractivity contribution >= 4 is 0 Å². The van der Waals surface area contributed by atoms with Gasteiger partial charge in [-0.3, -0.25) is 0 Å². The minimum atomic E-state index is 0.404. The van der Waals surface area contributed by atoms with E-state index in [9.17, 15) is 0 Å². The number of hydrogen-bond donors (Lipinski definition) is 0. The molecule has 0 nitrogen and oxygen atoms in total. The molecule has 0 fully saturated rings. The molecule has 2 rings (SSSR count). The van der Waals surface area contributed by atoms with Crippen LogP contribution in [0, 0.1) is 12.3 Å². The Kier molecular flexibility index (Phi) is 14.8. The summed E-state index contributed by atoms with van der Waals surface area (Å²) >= 11 is 0. The summed E-state index contributed by atoms with van der Waals surface area (Å²) in [6.45, 7) is 16.9. The van der Waals surface area contributed by atoms with Crippen molar-refractivity contribution in [3.05, 3.63) is 71.8 Å². The number of aryl methyl sites for hydroxylation is 1. The average Bonchev–Trinajstić information content (AvgIpc) is 2.52. The summed E-state index contributed by atoms with van der Waals surface area (Å²) < 4.78 is 0. The second-order valence-electron chi connectivity index (χ2n) is 5.88. The molecule has 2 aromatic carbocycles. The van der Waals surface area contributed by atoms with Crippen molar-refractivity contribution in [3.63, 3.8) is 0 Å². The maximum Gasteiger partial charge on any atom is -0.0230 e. The summed E-state index contributed by atoms with van der Waals surface area (Å²) in [6.07, 6.45) is 1.16.